The molecule has 0 amide bonds. The van der Waals surface area contributed by atoms with Crippen LogP contribution in [0.3, 0.4) is 0 Å². The van der Waals surface area contributed by atoms with Gasteiger partial charge in [0.1, 0.15) is 0 Å². The molecule has 184 valence electrons. The average Bonchev–Trinajstić information content (AvgIpc) is 2.66. The number of anilines is 1. The van der Waals surface area contributed by atoms with Crippen molar-refractivity contribution in [3.05, 3.63) is 33.6 Å². The summed E-state index contributed by atoms with van der Waals surface area (Å²) < 4.78 is 28.6. The van der Waals surface area contributed by atoms with E-state index in [9.17, 15) is 23.8 Å². The summed E-state index contributed by atoms with van der Waals surface area (Å²) in [6.45, 7) is 0.309. The summed E-state index contributed by atoms with van der Waals surface area (Å²) in [7, 11) is -9.37. The van der Waals surface area contributed by atoms with Crippen molar-refractivity contribution in [1.82, 2.24) is 4.57 Å². The van der Waals surface area contributed by atoms with E-state index in [0.717, 1.165) is 0 Å². The van der Waals surface area contributed by atoms with E-state index in [0.29, 0.717) is 24.2 Å². The summed E-state index contributed by atoms with van der Waals surface area (Å²) in [6.07, 6.45) is -0.594. The van der Waals surface area contributed by atoms with Crippen molar-refractivity contribution in [2.45, 2.75) is 30.8 Å². The highest BCUT2D eigenvalue weighted by Gasteiger charge is 2.58. The number of unbranched alkanes of at least 4 members (excludes halogenated alkanes) is 2. The van der Waals surface area contributed by atoms with Crippen LogP contribution in [-0.4, -0.2) is 52.1 Å². The van der Waals surface area contributed by atoms with E-state index in [1.165, 1.54) is 16.8 Å². The SMILES string of the molecule is Cn1cc(OC(=O)O)c(=O)c2cc(Cl)c(NCCCCCC(O)(P(=O)(O)O)P(=O)(O)O)cc21. The Kier molecular flexibility index (Phi) is 8.37. The van der Waals surface area contributed by atoms with Crippen LogP contribution in [0, 0.1) is 0 Å². The third-order valence-corrected chi connectivity index (χ3v) is 9.07. The fourth-order valence-corrected chi connectivity index (χ4v) is 5.61. The number of nitrogens with one attached hydrogen (secondary N) is 1. The molecule has 2 aromatic rings. The molecule has 0 bridgehead atoms. The Morgan fingerprint density at radius 3 is 2.30 bits per heavy atom. The molecule has 0 aliphatic heterocycles. The van der Waals surface area contributed by atoms with Crippen molar-refractivity contribution >= 4 is 49.5 Å². The minimum Gasteiger partial charge on any atom is -0.449 e. The second kappa shape index (κ2) is 10.1. The van der Waals surface area contributed by atoms with E-state index in [2.05, 4.69) is 10.1 Å². The van der Waals surface area contributed by atoms with Crippen LogP contribution in [0.25, 0.3) is 10.9 Å². The van der Waals surface area contributed by atoms with Crippen LogP contribution in [-0.2, 0) is 16.2 Å². The number of benzene rings is 1. The molecule has 2 rings (SSSR count). The number of hydrogen-bond donors (Lipinski definition) is 7. The highest BCUT2D eigenvalue weighted by molar-refractivity contribution is 7.72. The molecule has 33 heavy (non-hydrogen) atoms. The molecule has 0 spiro atoms. The van der Waals surface area contributed by atoms with E-state index in [-0.39, 0.29) is 29.0 Å². The number of halogens is 1. The molecule has 0 unspecified atom stereocenters. The van der Waals surface area contributed by atoms with Crippen LogP contribution in [0.2, 0.25) is 5.02 Å². The minimum absolute atomic E-state index is 0.0687. The first-order valence-electron chi connectivity index (χ1n) is 9.39. The molecule has 16 heteroatoms. The monoisotopic (exact) mass is 528 g/mol. The molecule has 0 radical (unpaired) electrons. The Morgan fingerprint density at radius 2 is 1.76 bits per heavy atom. The molecule has 0 aliphatic rings. The van der Waals surface area contributed by atoms with Gasteiger partial charge in [-0.05, 0) is 31.4 Å². The zero-order valence-corrected chi connectivity index (χ0v) is 19.8. The second-order valence-electron chi connectivity index (χ2n) is 7.25. The van der Waals surface area contributed by atoms with Crippen LogP contribution in [0.4, 0.5) is 10.5 Å². The number of aryl methyl sites for hydroxylation is 1. The smallest absolute Gasteiger partial charge is 0.449 e. The predicted octanol–water partition coefficient (Wildman–Crippen LogP) is 2.22. The lowest BCUT2D eigenvalue weighted by molar-refractivity contribution is 0.120. The molecule has 0 fully saturated rings. The van der Waals surface area contributed by atoms with E-state index >= 15 is 0 Å². The number of pyridine rings is 1. The van der Waals surface area contributed by atoms with Crippen molar-refractivity contribution in [3.8, 4) is 5.75 Å². The molecule has 1 aromatic heterocycles. The fourth-order valence-electron chi connectivity index (χ4n) is 3.12. The Bertz CT molecular complexity index is 1180. The van der Waals surface area contributed by atoms with E-state index in [1.807, 2.05) is 0 Å². The Hall–Kier alpha value is -1.95. The van der Waals surface area contributed by atoms with Gasteiger partial charge in [0, 0.05) is 13.6 Å². The molecule has 0 aliphatic carbocycles. The Balaban J connectivity index is 2.05. The first-order chi connectivity index (χ1) is 15.1. The number of aromatic nitrogens is 1. The van der Waals surface area contributed by atoms with Crippen molar-refractivity contribution < 1.29 is 48.4 Å². The normalized spacial score (nSPS) is 12.7. The highest BCUT2D eigenvalue weighted by atomic mass is 35.5. The van der Waals surface area contributed by atoms with Gasteiger partial charge in [0.05, 0.1) is 27.8 Å². The van der Waals surface area contributed by atoms with E-state index in [4.69, 9.17) is 36.3 Å². The number of ether oxygens (including phenoxy) is 1. The molecule has 0 saturated carbocycles. The van der Waals surface area contributed by atoms with Crippen LogP contribution in [0.15, 0.2) is 23.1 Å². The molecular weight excluding hydrogens is 506 g/mol. The maximum Gasteiger partial charge on any atom is 0.511 e. The molecular formula is C17H23ClN2O11P2. The van der Waals surface area contributed by atoms with Crippen LogP contribution in [0.1, 0.15) is 25.7 Å². The van der Waals surface area contributed by atoms with Gasteiger partial charge in [-0.15, -0.1) is 0 Å². The zero-order chi connectivity index (χ0) is 25.2. The number of carboxylic acid groups (broad SMARTS) is 1. The molecule has 7 N–H and O–H groups in total. The van der Waals surface area contributed by atoms with Crippen LogP contribution in [0.5, 0.6) is 5.75 Å². The first kappa shape index (κ1) is 27.3. The fraction of sp³-hybridized carbons (Fsp3) is 0.412. The number of aliphatic hydroxyl groups is 1. The quantitative estimate of drug-likeness (QED) is 0.134. The maximum absolute atomic E-state index is 12.4. The van der Waals surface area contributed by atoms with E-state index < -0.39 is 38.3 Å². The summed E-state index contributed by atoms with van der Waals surface area (Å²) in [5.41, 5.74) is 0.243. The Labute approximate surface area is 191 Å². The highest BCUT2D eigenvalue weighted by Crippen LogP contribution is 2.69. The van der Waals surface area contributed by atoms with Gasteiger partial charge >= 0.3 is 21.3 Å². The summed E-state index contributed by atoms with van der Waals surface area (Å²) in [4.78, 5) is 59.7. The third kappa shape index (κ3) is 6.14. The number of nitrogens with zero attached hydrogens (tertiary/aromatic N) is 1. The largest absolute Gasteiger partial charge is 0.511 e. The van der Waals surface area contributed by atoms with Crippen molar-refractivity contribution in [3.63, 3.8) is 0 Å². The van der Waals surface area contributed by atoms with Gasteiger partial charge in [0.15, 0.2) is 5.75 Å². The third-order valence-electron chi connectivity index (χ3n) is 4.88. The number of rotatable bonds is 10. The van der Waals surface area contributed by atoms with Crippen LogP contribution >= 0.6 is 26.8 Å². The van der Waals surface area contributed by atoms with Crippen molar-refractivity contribution in [1.29, 1.82) is 0 Å². The maximum atomic E-state index is 12.4. The van der Waals surface area contributed by atoms with Gasteiger partial charge in [-0.3, -0.25) is 13.9 Å². The standard InChI is InChI=1S/C17H23ClN2O11P2/c1-20-9-14(31-16(22)23)15(21)10-7-11(18)12(8-13(10)20)19-6-4-2-3-5-17(24,32(25,26)27)33(28,29)30/h7-9,19,24H,2-6H2,1H3,(H,22,23)(H2,25,26,27)(H2,28,29,30). The molecule has 0 saturated heterocycles. The summed E-state index contributed by atoms with van der Waals surface area (Å²) >= 11 is 6.21. The van der Waals surface area contributed by atoms with Gasteiger partial charge in [-0.25, -0.2) is 4.79 Å². The topological polar surface area (TPSA) is 216 Å². The minimum atomic E-state index is -5.47. The summed E-state index contributed by atoms with van der Waals surface area (Å²) in [5.74, 6) is -0.375. The van der Waals surface area contributed by atoms with Crippen molar-refractivity contribution in [2.24, 2.45) is 7.05 Å². The van der Waals surface area contributed by atoms with Crippen LogP contribution < -0.4 is 15.5 Å². The van der Waals surface area contributed by atoms with Gasteiger partial charge in [-0.1, -0.05) is 18.0 Å². The number of carbonyl (C=O) groups is 1. The second-order valence-corrected chi connectivity index (χ2v) is 11.7. The lowest BCUT2D eigenvalue weighted by Crippen LogP contribution is -2.28. The molecule has 0 atom stereocenters. The van der Waals surface area contributed by atoms with Gasteiger partial charge in [0.25, 0.3) is 5.08 Å². The number of hydrogen-bond acceptors (Lipinski definition) is 7. The van der Waals surface area contributed by atoms with Crippen molar-refractivity contribution in [2.75, 3.05) is 11.9 Å². The zero-order valence-electron chi connectivity index (χ0n) is 17.2. The van der Waals surface area contributed by atoms with E-state index in [1.54, 1.807) is 13.1 Å². The summed E-state index contributed by atoms with van der Waals surface area (Å²) in [5, 5.41) is 18.5. The first-order valence-corrected chi connectivity index (χ1v) is 13.0. The Morgan fingerprint density at radius 1 is 1.15 bits per heavy atom. The molecule has 1 aromatic carbocycles. The van der Waals surface area contributed by atoms with Gasteiger partial charge in [-0.2, -0.15) is 0 Å². The average molecular weight is 529 g/mol. The lowest BCUT2D eigenvalue weighted by Gasteiger charge is -2.29. The molecule has 13 nitrogen and oxygen atoms in total. The predicted molar refractivity (Wildman–Crippen MR) is 119 cm³/mol. The van der Waals surface area contributed by atoms with Gasteiger partial charge < -0.3 is 44.4 Å². The summed E-state index contributed by atoms with van der Waals surface area (Å²) in [6, 6.07) is 2.93. The lowest BCUT2D eigenvalue weighted by atomic mass is 10.1. The van der Waals surface area contributed by atoms with Gasteiger partial charge in [0.2, 0.25) is 5.43 Å². The molecule has 1 heterocycles. The number of fused-ring (bicyclic) bond motifs is 1.